The van der Waals surface area contributed by atoms with Gasteiger partial charge in [-0.05, 0) is 53.8 Å². The first kappa shape index (κ1) is 11.5. The Kier molecular flexibility index (Phi) is 2.96. The Bertz CT molecular complexity index is 532. The van der Waals surface area contributed by atoms with Crippen LogP contribution in [0.15, 0.2) is 29.1 Å². The molecule has 0 atom stereocenters. The second kappa shape index (κ2) is 4.61. The summed E-state index contributed by atoms with van der Waals surface area (Å²) in [4.78, 5) is 6.94. The number of nitrogens with two attached hydrogens (primary N) is 1. The monoisotopic (exact) mass is 259 g/mol. The molecular formula is C14H17N3S. The number of hydrogen-bond acceptors (Lipinski definition) is 4. The number of aromatic nitrogens is 1. The molecule has 1 aliphatic carbocycles. The highest BCUT2D eigenvalue weighted by Gasteiger charge is 2.30. The zero-order valence-electron chi connectivity index (χ0n) is 10.5. The largest absolute Gasteiger partial charge is 0.397 e. The van der Waals surface area contributed by atoms with Crippen molar-refractivity contribution in [2.45, 2.75) is 32.4 Å². The minimum atomic E-state index is 0.653. The van der Waals surface area contributed by atoms with E-state index in [4.69, 9.17) is 5.73 Å². The van der Waals surface area contributed by atoms with E-state index in [9.17, 15) is 0 Å². The zero-order chi connectivity index (χ0) is 12.5. The Labute approximate surface area is 111 Å². The molecule has 2 aromatic heterocycles. The number of nitrogens with zero attached hydrogens (tertiary/aromatic N) is 2. The second-order valence-electron chi connectivity index (χ2n) is 4.90. The summed E-state index contributed by atoms with van der Waals surface area (Å²) < 4.78 is 0. The Morgan fingerprint density at radius 2 is 2.33 bits per heavy atom. The summed E-state index contributed by atoms with van der Waals surface area (Å²) >= 11 is 1.75. The van der Waals surface area contributed by atoms with Gasteiger partial charge >= 0.3 is 0 Å². The van der Waals surface area contributed by atoms with Crippen LogP contribution in [0, 0.1) is 6.92 Å². The minimum Gasteiger partial charge on any atom is -0.397 e. The first-order valence-electron chi connectivity index (χ1n) is 6.24. The topological polar surface area (TPSA) is 42.1 Å². The SMILES string of the molecule is Cc1cc(N)cnc1N(Cc1ccsc1)C1CC1. The van der Waals surface area contributed by atoms with Gasteiger partial charge in [0.25, 0.3) is 0 Å². The van der Waals surface area contributed by atoms with Gasteiger partial charge in [-0.25, -0.2) is 4.98 Å². The third-order valence-corrected chi connectivity index (χ3v) is 4.00. The van der Waals surface area contributed by atoms with Gasteiger partial charge in [0.15, 0.2) is 0 Å². The maximum absolute atomic E-state index is 5.78. The van der Waals surface area contributed by atoms with Gasteiger partial charge in [-0.2, -0.15) is 11.3 Å². The smallest absolute Gasteiger partial charge is 0.132 e. The van der Waals surface area contributed by atoms with Gasteiger partial charge in [0.05, 0.1) is 11.9 Å². The summed E-state index contributed by atoms with van der Waals surface area (Å²) in [5, 5.41) is 4.34. The number of anilines is 2. The van der Waals surface area contributed by atoms with Gasteiger partial charge in [0.1, 0.15) is 5.82 Å². The number of rotatable bonds is 4. The molecule has 0 saturated heterocycles. The summed E-state index contributed by atoms with van der Waals surface area (Å²) in [5.74, 6) is 1.08. The number of nitrogen functional groups attached to an aromatic ring is 1. The van der Waals surface area contributed by atoms with E-state index in [0.717, 1.165) is 23.6 Å². The third kappa shape index (κ3) is 2.34. The summed E-state index contributed by atoms with van der Waals surface area (Å²) in [6.07, 6.45) is 4.30. The quantitative estimate of drug-likeness (QED) is 0.916. The van der Waals surface area contributed by atoms with E-state index in [0.29, 0.717) is 6.04 Å². The second-order valence-corrected chi connectivity index (χ2v) is 5.68. The molecule has 3 nitrogen and oxygen atoms in total. The standard InChI is InChI=1S/C14H17N3S/c1-10-6-12(15)7-16-14(10)17(13-2-3-13)8-11-4-5-18-9-11/h4-7,9,13H,2-3,8,15H2,1H3. The van der Waals surface area contributed by atoms with Gasteiger partial charge in [0.2, 0.25) is 0 Å². The Morgan fingerprint density at radius 3 is 2.94 bits per heavy atom. The average Bonchev–Trinajstić information content (AvgIpc) is 3.05. The van der Waals surface area contributed by atoms with Gasteiger partial charge in [-0.3, -0.25) is 0 Å². The van der Waals surface area contributed by atoms with Crippen LogP contribution in [0.2, 0.25) is 0 Å². The van der Waals surface area contributed by atoms with Crippen LogP contribution >= 0.6 is 11.3 Å². The van der Waals surface area contributed by atoms with Crippen molar-refractivity contribution in [3.63, 3.8) is 0 Å². The van der Waals surface area contributed by atoms with Crippen LogP contribution in [0.5, 0.6) is 0 Å². The van der Waals surface area contributed by atoms with Gasteiger partial charge < -0.3 is 10.6 Å². The van der Waals surface area contributed by atoms with Gasteiger partial charge in [-0.15, -0.1) is 0 Å². The molecule has 2 heterocycles. The maximum atomic E-state index is 5.78. The van der Waals surface area contributed by atoms with Crippen molar-refractivity contribution >= 4 is 22.8 Å². The molecule has 0 bridgehead atoms. The molecule has 1 aliphatic rings. The lowest BCUT2D eigenvalue weighted by molar-refractivity contribution is 0.776. The zero-order valence-corrected chi connectivity index (χ0v) is 11.3. The van der Waals surface area contributed by atoms with Crippen LogP contribution in [0.25, 0.3) is 0 Å². The summed E-state index contributed by atoms with van der Waals surface area (Å²) in [6, 6.07) is 4.84. The van der Waals surface area contributed by atoms with E-state index in [1.165, 1.54) is 18.4 Å². The molecule has 4 heteroatoms. The van der Waals surface area contributed by atoms with Crippen molar-refractivity contribution < 1.29 is 0 Å². The highest BCUT2D eigenvalue weighted by molar-refractivity contribution is 7.07. The van der Waals surface area contributed by atoms with Crippen molar-refractivity contribution in [3.05, 3.63) is 40.2 Å². The number of aryl methyl sites for hydroxylation is 1. The molecule has 2 N–H and O–H groups in total. The normalized spacial score (nSPS) is 14.7. The van der Waals surface area contributed by atoms with Crippen LogP contribution in [0.4, 0.5) is 11.5 Å². The maximum Gasteiger partial charge on any atom is 0.132 e. The number of pyridine rings is 1. The van der Waals surface area contributed by atoms with Crippen molar-refractivity contribution in [2.24, 2.45) is 0 Å². The van der Waals surface area contributed by atoms with Gasteiger partial charge in [0, 0.05) is 12.6 Å². The predicted octanol–water partition coefficient (Wildman–Crippen LogP) is 3.20. The highest BCUT2D eigenvalue weighted by Crippen LogP contribution is 2.34. The van der Waals surface area contributed by atoms with Crippen LogP contribution in [-0.4, -0.2) is 11.0 Å². The predicted molar refractivity (Wildman–Crippen MR) is 76.9 cm³/mol. The summed E-state index contributed by atoms with van der Waals surface area (Å²) in [7, 11) is 0. The number of thiophene rings is 1. The Hall–Kier alpha value is -1.55. The molecular weight excluding hydrogens is 242 g/mol. The highest BCUT2D eigenvalue weighted by atomic mass is 32.1. The van der Waals surface area contributed by atoms with Crippen molar-refractivity contribution in [1.29, 1.82) is 0 Å². The van der Waals surface area contributed by atoms with Gasteiger partial charge in [-0.1, -0.05) is 0 Å². The molecule has 0 amide bonds. The van der Waals surface area contributed by atoms with Crippen molar-refractivity contribution in [1.82, 2.24) is 4.98 Å². The molecule has 1 saturated carbocycles. The molecule has 0 unspecified atom stereocenters. The molecule has 94 valence electrons. The molecule has 2 aromatic rings. The minimum absolute atomic E-state index is 0.653. The van der Waals surface area contributed by atoms with Crippen molar-refractivity contribution in [3.8, 4) is 0 Å². The average molecular weight is 259 g/mol. The first-order valence-corrected chi connectivity index (χ1v) is 7.18. The first-order chi connectivity index (χ1) is 8.74. The fraction of sp³-hybridized carbons (Fsp3) is 0.357. The molecule has 18 heavy (non-hydrogen) atoms. The van der Waals surface area contributed by atoms with Crippen molar-refractivity contribution in [2.75, 3.05) is 10.6 Å². The van der Waals surface area contributed by atoms with E-state index < -0.39 is 0 Å². The molecule has 0 aromatic carbocycles. The molecule has 0 radical (unpaired) electrons. The van der Waals surface area contributed by atoms with Crippen LogP contribution in [0.3, 0.4) is 0 Å². The van der Waals surface area contributed by atoms with Crippen LogP contribution in [-0.2, 0) is 6.54 Å². The lowest BCUT2D eigenvalue weighted by atomic mass is 10.2. The van der Waals surface area contributed by atoms with Crippen LogP contribution < -0.4 is 10.6 Å². The Morgan fingerprint density at radius 1 is 1.50 bits per heavy atom. The molecule has 0 spiro atoms. The number of hydrogen-bond donors (Lipinski definition) is 1. The van der Waals surface area contributed by atoms with Crippen LogP contribution in [0.1, 0.15) is 24.0 Å². The fourth-order valence-corrected chi connectivity index (χ4v) is 2.89. The third-order valence-electron chi connectivity index (χ3n) is 3.26. The molecule has 3 rings (SSSR count). The summed E-state index contributed by atoms with van der Waals surface area (Å²) in [6.45, 7) is 3.04. The lowest BCUT2D eigenvalue weighted by Gasteiger charge is -2.25. The molecule has 0 aliphatic heterocycles. The van der Waals surface area contributed by atoms with E-state index in [1.54, 1.807) is 17.5 Å². The lowest BCUT2D eigenvalue weighted by Crippen LogP contribution is -2.26. The summed E-state index contributed by atoms with van der Waals surface area (Å²) in [5.41, 5.74) is 9.04. The van der Waals surface area contributed by atoms with E-state index in [1.807, 2.05) is 6.07 Å². The fourth-order valence-electron chi connectivity index (χ4n) is 2.23. The Balaban J connectivity index is 1.89. The van der Waals surface area contributed by atoms with E-state index in [2.05, 4.69) is 33.6 Å². The molecule has 1 fully saturated rings. The van der Waals surface area contributed by atoms with E-state index in [-0.39, 0.29) is 0 Å². The van der Waals surface area contributed by atoms with E-state index >= 15 is 0 Å².